The average molecular weight is 396 g/mol. The lowest BCUT2D eigenvalue weighted by Crippen LogP contribution is -2.50. The number of carbonyl (C=O) groups excluding carboxylic acids is 1. The Morgan fingerprint density at radius 2 is 2.00 bits per heavy atom. The van der Waals surface area contributed by atoms with Crippen molar-refractivity contribution >= 4 is 34.5 Å². The van der Waals surface area contributed by atoms with Crippen molar-refractivity contribution in [1.82, 2.24) is 10.3 Å². The van der Waals surface area contributed by atoms with Crippen molar-refractivity contribution in [2.75, 3.05) is 12.9 Å². The molecule has 2 aliphatic heterocycles. The van der Waals surface area contributed by atoms with Gasteiger partial charge in [0.25, 0.3) is 5.91 Å². The highest BCUT2D eigenvalue weighted by Gasteiger charge is 2.34. The van der Waals surface area contributed by atoms with Crippen molar-refractivity contribution in [1.29, 1.82) is 0 Å². The molecule has 0 radical (unpaired) electrons. The molecule has 2 aromatic carbocycles. The van der Waals surface area contributed by atoms with Gasteiger partial charge < -0.3 is 9.84 Å². The van der Waals surface area contributed by atoms with Gasteiger partial charge in [-0.15, -0.1) is 5.10 Å². The summed E-state index contributed by atoms with van der Waals surface area (Å²) in [6, 6.07) is 14.4. The average Bonchev–Trinajstić information content (AvgIpc) is 2.71. The standard InChI is InChI=1S/C19H16N4O4S/c1-28-19-21-18(26)16-13-4-2-3-5-14(13)20-17(23(16)22-19)11-6-8-12(9-7-11)27-10-15(24)25/h2-9,17H,10H2,1H3,(H,24,25)(H,21,22,26). The van der Waals surface area contributed by atoms with Crippen molar-refractivity contribution in [2.45, 2.75) is 6.17 Å². The highest BCUT2D eigenvalue weighted by molar-refractivity contribution is 8.13. The van der Waals surface area contributed by atoms with Gasteiger partial charge in [0.05, 0.1) is 5.36 Å². The molecule has 9 heteroatoms. The Hall–Kier alpha value is -3.33. The Labute approximate surface area is 164 Å². The first-order valence-corrected chi connectivity index (χ1v) is 9.64. The molecule has 0 bridgehead atoms. The molecular formula is C19H16N4O4S. The van der Waals surface area contributed by atoms with E-state index in [1.54, 1.807) is 29.3 Å². The molecule has 0 aromatic heterocycles. The molecule has 1 unspecified atom stereocenters. The molecule has 0 saturated heterocycles. The third-order valence-electron chi connectivity index (χ3n) is 4.25. The van der Waals surface area contributed by atoms with E-state index in [1.165, 1.54) is 11.8 Å². The number of amidine groups is 1. The van der Waals surface area contributed by atoms with Crippen LogP contribution in [0.1, 0.15) is 11.7 Å². The molecule has 0 aliphatic carbocycles. The SMILES string of the molecule is CSC1=NN2C(=c3ccccc3=NC2c2ccc(OCC(=O)O)cc2)C(=O)N1. The van der Waals surface area contributed by atoms with E-state index in [-0.39, 0.29) is 5.91 Å². The number of carboxylic acids is 1. The van der Waals surface area contributed by atoms with Crippen LogP contribution in [0.25, 0.3) is 5.70 Å². The van der Waals surface area contributed by atoms with E-state index in [2.05, 4.69) is 10.4 Å². The summed E-state index contributed by atoms with van der Waals surface area (Å²) in [7, 11) is 0. The van der Waals surface area contributed by atoms with Gasteiger partial charge in [0.15, 0.2) is 17.9 Å². The van der Waals surface area contributed by atoms with E-state index in [0.717, 1.165) is 10.8 Å². The van der Waals surface area contributed by atoms with Crippen LogP contribution in [0.2, 0.25) is 0 Å². The Morgan fingerprint density at radius 3 is 2.71 bits per heavy atom. The minimum absolute atomic E-state index is 0.229. The number of rotatable bonds is 4. The number of ether oxygens (including phenoxy) is 1. The summed E-state index contributed by atoms with van der Waals surface area (Å²) in [4.78, 5) is 28.2. The minimum atomic E-state index is -1.04. The van der Waals surface area contributed by atoms with Crippen LogP contribution in [0, 0.1) is 0 Å². The first-order chi connectivity index (χ1) is 13.6. The molecule has 2 heterocycles. The molecular weight excluding hydrogens is 380 g/mol. The Balaban J connectivity index is 1.78. The lowest BCUT2D eigenvalue weighted by atomic mass is 10.1. The molecule has 0 fully saturated rings. The maximum atomic E-state index is 12.7. The molecule has 28 heavy (non-hydrogen) atoms. The van der Waals surface area contributed by atoms with Crippen LogP contribution in [-0.2, 0) is 9.59 Å². The summed E-state index contributed by atoms with van der Waals surface area (Å²) in [5.41, 5.74) is 1.24. The van der Waals surface area contributed by atoms with Gasteiger partial charge in [-0.25, -0.2) is 9.80 Å². The summed E-state index contributed by atoms with van der Waals surface area (Å²) in [6.45, 7) is -0.411. The topological polar surface area (TPSA) is 104 Å². The van der Waals surface area contributed by atoms with Gasteiger partial charge in [-0.3, -0.25) is 15.1 Å². The van der Waals surface area contributed by atoms with Crippen molar-refractivity contribution < 1.29 is 19.4 Å². The fourth-order valence-electron chi connectivity index (χ4n) is 3.02. The van der Waals surface area contributed by atoms with Crippen LogP contribution >= 0.6 is 11.8 Å². The molecule has 8 nitrogen and oxygen atoms in total. The van der Waals surface area contributed by atoms with E-state index in [9.17, 15) is 9.59 Å². The van der Waals surface area contributed by atoms with Crippen LogP contribution in [-0.4, -0.2) is 40.0 Å². The number of benzene rings is 2. The second-order valence-electron chi connectivity index (χ2n) is 6.03. The van der Waals surface area contributed by atoms with Crippen LogP contribution in [0.3, 0.4) is 0 Å². The van der Waals surface area contributed by atoms with Crippen LogP contribution in [0.5, 0.6) is 5.75 Å². The van der Waals surface area contributed by atoms with E-state index in [0.29, 0.717) is 22.0 Å². The van der Waals surface area contributed by atoms with Gasteiger partial charge in [-0.2, -0.15) is 0 Å². The predicted octanol–water partition coefficient (Wildman–Crippen LogP) is 0.656. The van der Waals surface area contributed by atoms with Gasteiger partial charge >= 0.3 is 5.97 Å². The minimum Gasteiger partial charge on any atom is -0.482 e. The molecule has 2 aromatic rings. The number of carbonyl (C=O) groups is 2. The highest BCUT2D eigenvalue weighted by Crippen LogP contribution is 2.31. The van der Waals surface area contributed by atoms with Crippen molar-refractivity contribution in [3.63, 3.8) is 0 Å². The number of hydrazone groups is 1. The molecule has 0 saturated carbocycles. The predicted molar refractivity (Wildman–Crippen MR) is 104 cm³/mol. The van der Waals surface area contributed by atoms with Gasteiger partial charge in [-0.05, 0) is 30.0 Å². The zero-order valence-electron chi connectivity index (χ0n) is 14.8. The quantitative estimate of drug-likeness (QED) is 0.787. The number of para-hydroxylation sites is 1. The number of hydrogen-bond donors (Lipinski definition) is 2. The summed E-state index contributed by atoms with van der Waals surface area (Å²) >= 11 is 1.34. The second-order valence-corrected chi connectivity index (χ2v) is 6.82. The summed E-state index contributed by atoms with van der Waals surface area (Å²) < 4.78 is 5.18. The number of carboxylic acid groups (broad SMARTS) is 1. The normalized spacial score (nSPS) is 17.7. The van der Waals surface area contributed by atoms with Crippen LogP contribution in [0.15, 0.2) is 58.6 Å². The van der Waals surface area contributed by atoms with E-state index >= 15 is 0 Å². The van der Waals surface area contributed by atoms with Crippen LogP contribution in [0.4, 0.5) is 0 Å². The van der Waals surface area contributed by atoms with E-state index in [1.807, 2.05) is 30.5 Å². The number of amides is 1. The third kappa shape index (κ3) is 3.31. The summed E-state index contributed by atoms with van der Waals surface area (Å²) in [6.07, 6.45) is 1.31. The number of thioether (sulfide) groups is 1. The molecule has 1 atom stereocenters. The molecule has 0 spiro atoms. The largest absolute Gasteiger partial charge is 0.482 e. The third-order valence-corrected chi connectivity index (χ3v) is 4.82. The van der Waals surface area contributed by atoms with Crippen LogP contribution < -0.4 is 20.6 Å². The summed E-state index contributed by atoms with van der Waals surface area (Å²) in [5, 5.41) is 19.6. The molecule has 2 N–H and O–H groups in total. The monoisotopic (exact) mass is 396 g/mol. The fourth-order valence-corrected chi connectivity index (χ4v) is 3.38. The molecule has 4 rings (SSSR count). The molecule has 142 valence electrons. The number of nitrogens with zero attached hydrogens (tertiary/aromatic N) is 3. The van der Waals surface area contributed by atoms with Crippen molar-refractivity contribution in [2.24, 2.45) is 10.1 Å². The van der Waals surface area contributed by atoms with Crippen molar-refractivity contribution in [3.05, 3.63) is 64.7 Å². The Kier molecular flexibility index (Phi) is 4.74. The smallest absolute Gasteiger partial charge is 0.341 e. The lowest BCUT2D eigenvalue weighted by Gasteiger charge is -2.33. The first-order valence-electron chi connectivity index (χ1n) is 8.42. The maximum absolute atomic E-state index is 12.7. The zero-order valence-corrected chi connectivity index (χ0v) is 15.6. The lowest BCUT2D eigenvalue weighted by molar-refractivity contribution is -0.139. The van der Waals surface area contributed by atoms with Gasteiger partial charge in [-0.1, -0.05) is 42.1 Å². The number of fused-ring (bicyclic) bond motifs is 2. The maximum Gasteiger partial charge on any atom is 0.341 e. The molecule has 1 amide bonds. The highest BCUT2D eigenvalue weighted by atomic mass is 32.2. The summed E-state index contributed by atoms with van der Waals surface area (Å²) in [5.74, 6) is -0.829. The van der Waals surface area contributed by atoms with Gasteiger partial charge in [0.1, 0.15) is 11.4 Å². The number of hydrogen-bond acceptors (Lipinski definition) is 7. The van der Waals surface area contributed by atoms with Gasteiger partial charge in [0, 0.05) is 5.22 Å². The van der Waals surface area contributed by atoms with Crippen molar-refractivity contribution in [3.8, 4) is 5.75 Å². The van der Waals surface area contributed by atoms with E-state index < -0.39 is 18.7 Å². The fraction of sp³-hybridized carbons (Fsp3) is 0.158. The van der Waals surface area contributed by atoms with E-state index in [4.69, 9.17) is 14.8 Å². The number of aliphatic carboxylic acids is 1. The first kappa shape index (κ1) is 18.1. The second kappa shape index (κ2) is 7.35. The Bertz CT molecular complexity index is 1100. The van der Waals surface area contributed by atoms with Gasteiger partial charge in [0.2, 0.25) is 0 Å². The zero-order chi connectivity index (χ0) is 19.7. The Morgan fingerprint density at radius 1 is 1.25 bits per heavy atom. The molecule has 2 aliphatic rings. The number of nitrogens with one attached hydrogen (secondary N) is 1.